The molecule has 0 radical (unpaired) electrons. The van der Waals surface area contributed by atoms with Gasteiger partial charge < -0.3 is 115 Å². The Hall–Kier alpha value is -12.1. The molecule has 4 aliphatic rings. The van der Waals surface area contributed by atoms with Crippen molar-refractivity contribution in [1.82, 2.24) is 92.6 Å². The number of thiophene rings is 1. The maximum Gasteiger partial charge on any atom is 0.246 e. The van der Waals surface area contributed by atoms with Gasteiger partial charge in [-0.15, -0.1) is 23.1 Å². The third-order valence-corrected chi connectivity index (χ3v) is 26.0. The first-order chi connectivity index (χ1) is 62.2. The number of aliphatic hydroxyl groups is 2. The second-order valence-electron chi connectivity index (χ2n) is 33.9. The highest BCUT2D eigenvalue weighted by atomic mass is 32.2. The molecular weight excluding hydrogens is 1720 g/mol. The van der Waals surface area contributed by atoms with Crippen molar-refractivity contribution in [3.8, 4) is 5.75 Å². The second kappa shape index (κ2) is 47.4. The Bertz CT molecular complexity index is 5010. The third kappa shape index (κ3) is 26.6. The molecule has 3 aromatic carbocycles. The number of aromatic nitrogens is 3. The monoisotopic (exact) mass is 1840 g/mol. The molecule has 6 aromatic rings. The lowest BCUT2D eigenvalue weighted by atomic mass is 10.00. The number of aromatic amines is 2. The number of nitrogens with one attached hydrogen (secondary N) is 12. The third-order valence-electron chi connectivity index (χ3n) is 24.0. The summed E-state index contributed by atoms with van der Waals surface area (Å²) in [5, 5.41) is 64.4. The van der Waals surface area contributed by atoms with Gasteiger partial charge in [0.05, 0.1) is 43.7 Å². The zero-order chi connectivity index (χ0) is 94.2. The van der Waals surface area contributed by atoms with E-state index < -0.39 is 211 Å². The van der Waals surface area contributed by atoms with Crippen molar-refractivity contribution in [2.45, 2.75) is 228 Å². The maximum absolute atomic E-state index is 15.7. The number of nitrogens with zero attached hydrogens (tertiary/aromatic N) is 6. The van der Waals surface area contributed by atoms with Crippen LogP contribution in [0.2, 0.25) is 0 Å². The van der Waals surface area contributed by atoms with Crippen LogP contribution in [-0.4, -0.2) is 305 Å². The number of benzene rings is 3. The Kier molecular flexibility index (Phi) is 36.5. The minimum Gasteiger partial charge on any atom is -0.508 e. The first-order valence-corrected chi connectivity index (χ1v) is 46.0. The quantitative estimate of drug-likeness (QED) is 0.0352. The summed E-state index contributed by atoms with van der Waals surface area (Å²) in [5.41, 5.74) is 19.8. The summed E-state index contributed by atoms with van der Waals surface area (Å²) in [7, 11) is 2.69. The number of primary amides is 2. The number of H-pyrrole nitrogens is 2. The van der Waals surface area contributed by atoms with Gasteiger partial charge in [-0.2, -0.15) is 0 Å². The molecule has 704 valence electrons. The zero-order valence-corrected chi connectivity index (χ0v) is 75.4. The highest BCUT2D eigenvalue weighted by molar-refractivity contribution is 8.00. The average molecular weight is 1840 g/mol. The number of imidazole rings is 1. The van der Waals surface area contributed by atoms with Gasteiger partial charge in [0, 0.05) is 98.9 Å². The molecule has 15 atom stereocenters. The van der Waals surface area contributed by atoms with Crippen molar-refractivity contribution in [2.75, 3.05) is 64.9 Å². The van der Waals surface area contributed by atoms with Crippen molar-refractivity contribution in [3.05, 3.63) is 119 Å². The van der Waals surface area contributed by atoms with Gasteiger partial charge in [-0.25, -0.2) is 4.98 Å². The number of thioether (sulfide) groups is 1. The second-order valence-corrected chi connectivity index (χ2v) is 35.8. The highest BCUT2D eigenvalue weighted by Crippen LogP contribution is 2.31. The van der Waals surface area contributed by atoms with Gasteiger partial charge in [0.2, 0.25) is 94.5 Å². The Morgan fingerprint density at radius 3 is 1.78 bits per heavy atom. The van der Waals surface area contributed by atoms with Crippen LogP contribution < -0.4 is 70.4 Å². The number of carbonyl (C=O) groups is 16. The van der Waals surface area contributed by atoms with Gasteiger partial charge in [-0.05, 0) is 135 Å². The van der Waals surface area contributed by atoms with E-state index in [1.165, 1.54) is 83.8 Å². The van der Waals surface area contributed by atoms with Crippen LogP contribution in [0.25, 0.3) is 21.0 Å². The number of rotatable bonds is 22. The van der Waals surface area contributed by atoms with Crippen LogP contribution in [0.5, 0.6) is 5.75 Å². The van der Waals surface area contributed by atoms with Crippen LogP contribution in [0.3, 0.4) is 0 Å². The summed E-state index contributed by atoms with van der Waals surface area (Å²) in [6.07, 6.45) is 3.51. The van der Waals surface area contributed by atoms with Gasteiger partial charge in [0.1, 0.15) is 84.5 Å². The molecular formula is C88H121N21O19S2. The molecule has 1 unspecified atom stereocenters. The summed E-state index contributed by atoms with van der Waals surface area (Å²) in [5.74, 6) is -15.4. The largest absolute Gasteiger partial charge is 0.508 e. The van der Waals surface area contributed by atoms with E-state index in [9.17, 15) is 63.3 Å². The molecule has 0 aliphatic carbocycles. The van der Waals surface area contributed by atoms with E-state index in [-0.39, 0.29) is 127 Å². The summed E-state index contributed by atoms with van der Waals surface area (Å²) in [6, 6.07) is 0.0323. The predicted octanol–water partition coefficient (Wildman–Crippen LogP) is -1.93. The number of amides is 16. The molecule has 0 spiro atoms. The molecule has 130 heavy (non-hydrogen) atoms. The van der Waals surface area contributed by atoms with Gasteiger partial charge in [0.15, 0.2) is 0 Å². The summed E-state index contributed by atoms with van der Waals surface area (Å²) >= 11 is 2.19. The highest BCUT2D eigenvalue weighted by Gasteiger charge is 2.47. The van der Waals surface area contributed by atoms with Crippen molar-refractivity contribution in [3.63, 3.8) is 0 Å². The topological polar surface area (TPSA) is 593 Å². The van der Waals surface area contributed by atoms with Gasteiger partial charge >= 0.3 is 0 Å². The number of hydrogen-bond donors (Lipinski definition) is 18. The van der Waals surface area contributed by atoms with E-state index in [4.69, 9.17) is 17.2 Å². The van der Waals surface area contributed by atoms with Crippen molar-refractivity contribution < 1.29 is 92.0 Å². The molecule has 4 saturated heterocycles. The molecule has 10 rings (SSSR count). The van der Waals surface area contributed by atoms with Crippen LogP contribution in [0.15, 0.2) is 96.9 Å². The minimum atomic E-state index is -1.80. The standard InChI is InChI=1S/C88H121N21O19S2/c1-7-8-21-70-88(128)109-33-16-24-69(109)81(121)97-58(20-13-30-89)77(117)104-66(76(116)94-42-73(91)113)45-129-46-74(114)96-62(35-50-26-28-54(111)29-27-50)84(124)105(5)49(4)75(115)100-64(39-72(90)112)87(127)108-32-15-23-68(108)83(123)99-60(38-53-41-92-47-95-53)79(119)101-61(34-48(2)3)86(126)107-31-14-22-67(107)82(122)98-59(36-51-40-93-57-19-11-9-17-55(51)57)78(118)103-65(43-110)80(120)102-63(85(125)106(70)6)37-52-44-130-71-25-12-10-18-56(52)71/h9-12,17-19,25-29,40-41,44,47-49,58-70,88,93,110-111,128H,7-8,13-16,20-24,30-39,42-43,45-46,89H2,1-6H3,(H2,90,112)(H2,91,113)(H,92,95)(H,94,116)(H,96,114)(H,97,121)(H,98,122)(H,99,123)(H,100,115)(H,101,119)(H,102,120)(H,103,118)(H,104,117)/t49-,58-,59-,60-,61-,62-,63-,64-,65-,66-,67-,68-,69+,70-,88?/m0/s1. The van der Waals surface area contributed by atoms with E-state index in [1.807, 2.05) is 36.6 Å². The van der Waals surface area contributed by atoms with E-state index >= 15 is 28.8 Å². The Balaban J connectivity index is 0.992. The number of likely N-dealkylation sites (N-methyl/N-ethyl adjacent to an activating group) is 2. The van der Waals surface area contributed by atoms with Gasteiger partial charge in [-0.3, -0.25) is 81.6 Å². The smallest absolute Gasteiger partial charge is 0.246 e. The molecule has 40 nitrogen and oxygen atoms in total. The lowest BCUT2D eigenvalue weighted by Crippen LogP contribution is -2.62. The van der Waals surface area contributed by atoms with E-state index in [0.717, 1.165) is 31.6 Å². The maximum atomic E-state index is 15.7. The zero-order valence-electron chi connectivity index (χ0n) is 73.8. The summed E-state index contributed by atoms with van der Waals surface area (Å²) < 4.78 is 0.854. The minimum absolute atomic E-state index is 0.00699. The molecule has 21 N–H and O–H groups in total. The van der Waals surface area contributed by atoms with Crippen LogP contribution in [0, 0.1) is 5.92 Å². The van der Waals surface area contributed by atoms with Gasteiger partial charge in [0.25, 0.3) is 0 Å². The fourth-order valence-corrected chi connectivity index (χ4v) is 18.7. The summed E-state index contributed by atoms with van der Waals surface area (Å²) in [6.45, 7) is 5.16. The molecule has 7 heterocycles. The number of hydrogen-bond acceptors (Lipinski definition) is 24. The predicted molar refractivity (Wildman–Crippen MR) is 481 cm³/mol. The Morgan fingerprint density at radius 1 is 0.577 bits per heavy atom. The molecule has 0 bridgehead atoms. The lowest BCUT2D eigenvalue weighted by Gasteiger charge is -2.40. The Labute approximate surface area is 760 Å². The molecule has 0 saturated carbocycles. The Morgan fingerprint density at radius 2 is 1.14 bits per heavy atom. The first-order valence-electron chi connectivity index (χ1n) is 44.0. The average Bonchev–Trinajstić information content (AvgIpc) is 1.55. The fraction of sp³-hybridized carbons (Fsp3) is 0.534. The number of para-hydroxylation sites is 1. The van der Waals surface area contributed by atoms with E-state index in [1.54, 1.807) is 44.3 Å². The van der Waals surface area contributed by atoms with Crippen LogP contribution in [0.4, 0.5) is 0 Å². The van der Waals surface area contributed by atoms with E-state index in [0.29, 0.717) is 52.5 Å². The van der Waals surface area contributed by atoms with Crippen molar-refractivity contribution >= 4 is 139 Å². The SMILES string of the molecule is CCCC[C@H]1C(O)N2CCC[C@@H]2C(=O)N[C@@H](CCCN)C(=O)N[C@H](C(=O)NCC(N)=O)CSCC(=O)N[C@@H](Cc2ccc(O)cc2)C(=O)N(C)[C@@H](C)C(=O)N[C@@H](CC(N)=O)C(=O)N2CCC[C@H]2C(=O)N[C@@H](Cc2cnc[nH]2)C(=O)N[C@@H](CC(C)C)C(=O)N2CCC[C@H]2C(=O)N[C@@H](Cc2c[nH]c3ccccc23)C(=O)N[C@@H](CO)C(=O)N[C@@H](Cc2csc3ccccc23)C(=O)N1C. The number of phenols is 1. The van der Waals surface area contributed by atoms with E-state index in [2.05, 4.69) is 68.1 Å². The number of fused-ring (bicyclic) bond motifs is 5. The van der Waals surface area contributed by atoms with Crippen molar-refractivity contribution in [1.29, 1.82) is 0 Å². The summed E-state index contributed by atoms with van der Waals surface area (Å²) in [4.78, 5) is 250. The number of aromatic hydroxyl groups is 1. The van der Waals surface area contributed by atoms with Gasteiger partial charge in [-0.1, -0.05) is 82.1 Å². The lowest BCUT2D eigenvalue weighted by molar-refractivity contribution is -0.147. The molecule has 4 fully saturated rings. The molecule has 16 amide bonds. The number of phenolic OH excluding ortho intramolecular Hbond substituents is 1. The van der Waals surface area contributed by atoms with Crippen molar-refractivity contribution in [2.24, 2.45) is 23.1 Å². The number of aliphatic hydroxyl groups excluding tert-OH is 2. The molecule has 3 aromatic heterocycles. The molecule has 4 aliphatic heterocycles. The number of carbonyl (C=O) groups excluding carboxylic acids is 16. The van der Waals surface area contributed by atoms with Crippen LogP contribution in [0.1, 0.15) is 134 Å². The van der Waals surface area contributed by atoms with Crippen LogP contribution in [-0.2, 0) is 102 Å². The molecule has 42 heteroatoms. The fourth-order valence-electron chi connectivity index (χ4n) is 16.9. The first kappa shape index (κ1) is 100. The number of unbranched alkanes of at least 4 members (excludes halogenated alkanes) is 1. The normalized spacial score (nSPS) is 25.9. The van der Waals surface area contributed by atoms with Crippen LogP contribution >= 0.6 is 23.1 Å². The number of nitrogens with two attached hydrogens (primary N) is 3.